The van der Waals surface area contributed by atoms with Crippen LogP contribution in [0.15, 0.2) is 127 Å². The fraction of sp³-hybridized carbons (Fsp3) is 0.535. The predicted molar refractivity (Wildman–Crippen MR) is 535 cm³/mol. The Morgan fingerprint density at radius 1 is 0.294 bits per heavy atom. The monoisotopic (exact) mass is 1940 g/mol. The molecule has 3 heterocycles. The second kappa shape index (κ2) is 65.8. The molecule has 2 unspecified atom stereocenters. The van der Waals surface area contributed by atoms with Crippen molar-refractivity contribution in [1.82, 2.24) is 46.9 Å². The van der Waals surface area contributed by atoms with E-state index in [1.54, 1.807) is 34.0 Å². The third kappa shape index (κ3) is 45.6. The van der Waals surface area contributed by atoms with Crippen LogP contribution in [0.2, 0.25) is 0 Å². The number of nitrogens with zero attached hydrogens (tertiary/aromatic N) is 3. The van der Waals surface area contributed by atoms with Crippen LogP contribution < -0.4 is 47.9 Å². The zero-order valence-corrected chi connectivity index (χ0v) is 82.1. The van der Waals surface area contributed by atoms with Crippen molar-refractivity contribution in [2.24, 2.45) is 5.92 Å². The molecule has 6 aromatic carbocycles. The molecule has 32 nitrogen and oxygen atoms in total. The molecule has 136 heavy (non-hydrogen) atoms. The number of thiazole rings is 3. The third-order valence-corrected chi connectivity index (χ3v) is 24.5. The molecule has 742 valence electrons. The van der Waals surface area contributed by atoms with Crippen LogP contribution in [0.25, 0.3) is 62.4 Å². The van der Waals surface area contributed by atoms with Crippen molar-refractivity contribution in [2.45, 2.75) is 143 Å². The van der Waals surface area contributed by atoms with Crippen LogP contribution in [-0.2, 0) is 95.2 Å². The molecule has 0 radical (unpaired) electrons. The van der Waals surface area contributed by atoms with Gasteiger partial charge in [-0.3, -0.25) is 38.4 Å². The van der Waals surface area contributed by atoms with Gasteiger partial charge in [0.05, 0.1) is 195 Å². The summed E-state index contributed by atoms with van der Waals surface area (Å²) in [6.45, 7) is 20.8. The highest BCUT2D eigenvalue weighted by Gasteiger charge is 2.28. The number of benzene rings is 6. The molecule has 9 rings (SSSR count). The Bertz CT molecular complexity index is 4980. The van der Waals surface area contributed by atoms with Crippen molar-refractivity contribution in [1.29, 1.82) is 0 Å². The highest BCUT2D eigenvalue weighted by molar-refractivity contribution is 7.22. The molecule has 35 heteroatoms. The number of fused-ring (bicyclic) bond motifs is 3. The lowest BCUT2D eigenvalue weighted by molar-refractivity contribution is -0.132. The number of ether oxygens (including phenoxy) is 12. The second-order valence-electron chi connectivity index (χ2n) is 33.1. The summed E-state index contributed by atoms with van der Waals surface area (Å²) in [6, 6.07) is 41.2. The van der Waals surface area contributed by atoms with E-state index in [0.717, 1.165) is 70.0 Å². The van der Waals surface area contributed by atoms with Crippen molar-refractivity contribution in [2.75, 3.05) is 220 Å². The summed E-state index contributed by atoms with van der Waals surface area (Å²) < 4.78 is 71.0. The minimum absolute atomic E-state index is 0.0277. The normalized spacial score (nSPS) is 11.9. The van der Waals surface area contributed by atoms with E-state index < -0.39 is 23.9 Å². The molecule has 2 atom stereocenters. The molecule has 0 saturated carbocycles. The molecule has 0 aliphatic carbocycles. The fourth-order valence-corrected chi connectivity index (χ4v) is 17.1. The van der Waals surface area contributed by atoms with Crippen molar-refractivity contribution in [3.05, 3.63) is 144 Å². The number of carbonyl (C=O) groups is 8. The minimum atomic E-state index is -0.966. The summed E-state index contributed by atoms with van der Waals surface area (Å²) in [7, 11) is 0. The van der Waals surface area contributed by atoms with Crippen molar-refractivity contribution in [3.63, 3.8) is 0 Å². The van der Waals surface area contributed by atoms with Crippen LogP contribution in [0.1, 0.15) is 127 Å². The molecule has 0 fully saturated rings. The predicted octanol–water partition coefficient (Wildman–Crippen LogP) is 13.4. The number of rotatable bonds is 77. The number of ketones is 2. The highest BCUT2D eigenvalue weighted by Crippen LogP contribution is 2.35. The standard InChI is InChI=1S/C101H140N12O20S3/c1-73(2)69-89(115)84(12-9-10-38-105-96(119)36-46-123-52-58-129-64-67-132-61-55-126-49-43-107-94(117)33-40-103-81-25-19-78(20-26-81)100-112-86-30-15-75(4)71-91(86)135-100)110-98(121)88(109-97(120)37-47-124-53-59-130-65-68-133-62-56-127-50-44-108-95(118)34-41-104-82-27-21-79(22-28-82)101-113-87-31-16-76(5)72-92(87)136-101)13-8-6-7-11-83(114)35-45-122-51-57-128-63-66-131-60-54-125-48-42-106-93(116)32-39-102-80-23-17-77(18-24-80)99-111-85-29-14-74(3)70-90(85)134-99/h14-31,70-73,84,88,102-104H,6-13,32-69H2,1-5H3,(H,105,119)(H,106,116)(H,107,117)(H,108,118)(H,109,120)(H,110,121). The number of hydrogen-bond acceptors (Lipinski definition) is 29. The van der Waals surface area contributed by atoms with Crippen molar-refractivity contribution < 1.29 is 95.2 Å². The molecule has 0 spiro atoms. The van der Waals surface area contributed by atoms with Gasteiger partial charge in [-0.05, 0) is 185 Å². The van der Waals surface area contributed by atoms with Crippen molar-refractivity contribution >= 4 is 129 Å². The Morgan fingerprint density at radius 3 is 0.963 bits per heavy atom. The number of hydrogen-bond donors (Lipinski definition) is 9. The van der Waals surface area contributed by atoms with Gasteiger partial charge in [0.15, 0.2) is 5.78 Å². The van der Waals surface area contributed by atoms with E-state index >= 15 is 0 Å². The first-order chi connectivity index (χ1) is 66.4. The largest absolute Gasteiger partial charge is 0.385 e. The number of unbranched alkanes of at least 4 members (excludes halogenated alkanes) is 3. The summed E-state index contributed by atoms with van der Waals surface area (Å²) >= 11 is 5.02. The Hall–Kier alpha value is -9.93. The zero-order chi connectivity index (χ0) is 96.2. The van der Waals surface area contributed by atoms with Crippen LogP contribution in [0, 0.1) is 26.7 Å². The lowest BCUT2D eigenvalue weighted by atomic mass is 9.97. The number of carbonyl (C=O) groups excluding carboxylic acids is 8. The maximum Gasteiger partial charge on any atom is 0.243 e. The van der Waals surface area contributed by atoms with E-state index in [1.807, 2.05) is 92.7 Å². The van der Waals surface area contributed by atoms with Gasteiger partial charge in [-0.25, -0.2) is 15.0 Å². The fourth-order valence-electron chi connectivity index (χ4n) is 13.9. The van der Waals surface area contributed by atoms with E-state index in [4.69, 9.17) is 71.8 Å². The Morgan fingerprint density at radius 2 is 0.603 bits per heavy atom. The molecule has 0 aliphatic heterocycles. The summed E-state index contributed by atoms with van der Waals surface area (Å²) in [4.78, 5) is 119. The lowest BCUT2D eigenvalue weighted by Crippen LogP contribution is -2.51. The Kier molecular flexibility index (Phi) is 53.1. The second-order valence-corrected chi connectivity index (χ2v) is 36.2. The van der Waals surface area contributed by atoms with Gasteiger partial charge in [0.25, 0.3) is 0 Å². The SMILES string of the molecule is Cc1ccc2nc(-c3ccc(NCCC(=O)NCCOCCOCCOCCOCCC(=O)CCCCCC(NC(=O)CCOCCOCCOCCOCCNC(=O)CCNc4ccc(-c5nc6ccc(C)cc6s5)cc4)C(=O)NC(CCCCNC(=O)CCOCCOCCOCCOCCNC(=O)CCNc4ccc(-c5nc6ccc(C)cc6s5)cc4)C(=O)CC(C)C)cc3)sc2c1. The van der Waals surface area contributed by atoms with Gasteiger partial charge < -0.3 is 105 Å². The first-order valence-electron chi connectivity index (χ1n) is 47.6. The zero-order valence-electron chi connectivity index (χ0n) is 79.6. The molecule has 0 bridgehead atoms. The topological polar surface area (TPSA) is 394 Å². The molecular weight excluding hydrogens is 1800 g/mol. The highest BCUT2D eigenvalue weighted by atomic mass is 32.1. The van der Waals surface area contributed by atoms with Gasteiger partial charge in [0.1, 0.15) is 26.8 Å². The number of anilines is 3. The number of amides is 6. The van der Waals surface area contributed by atoms with Gasteiger partial charge in [-0.15, -0.1) is 34.0 Å². The van der Waals surface area contributed by atoms with Gasteiger partial charge in [-0.2, -0.15) is 0 Å². The minimum Gasteiger partial charge on any atom is -0.385 e. The molecule has 3 aromatic heterocycles. The number of aromatic nitrogens is 3. The number of aryl methyl sites for hydroxylation is 3. The summed E-state index contributed by atoms with van der Waals surface area (Å²) in [5.74, 6) is -1.35. The number of Topliss-reactive ketones (excluding diaryl/α,β-unsaturated/α-hetero) is 2. The number of nitrogens with one attached hydrogen (secondary N) is 9. The maximum absolute atomic E-state index is 14.2. The molecule has 0 saturated heterocycles. The summed E-state index contributed by atoms with van der Waals surface area (Å²) in [6.07, 6.45) is 5.24. The van der Waals surface area contributed by atoms with Gasteiger partial charge >= 0.3 is 0 Å². The van der Waals surface area contributed by atoms with Gasteiger partial charge in [0.2, 0.25) is 35.4 Å². The van der Waals surface area contributed by atoms with Crippen LogP contribution in [0.5, 0.6) is 0 Å². The van der Waals surface area contributed by atoms with Crippen LogP contribution in [0.4, 0.5) is 17.1 Å². The quantitative estimate of drug-likeness (QED) is 0.0160. The lowest BCUT2D eigenvalue weighted by Gasteiger charge is -2.24. The van der Waals surface area contributed by atoms with E-state index in [-0.39, 0.29) is 106 Å². The molecular formula is C101H140N12O20S3. The molecule has 6 amide bonds. The van der Waals surface area contributed by atoms with Crippen LogP contribution in [-0.4, -0.2) is 278 Å². The first-order valence-corrected chi connectivity index (χ1v) is 50.1. The van der Waals surface area contributed by atoms with Gasteiger partial charge in [0, 0.05) is 131 Å². The Labute approximate surface area is 811 Å². The average Bonchev–Trinajstić information content (AvgIpc) is 1.68. The average molecular weight is 1940 g/mol. The first kappa shape index (κ1) is 110. The van der Waals surface area contributed by atoms with E-state index in [9.17, 15) is 38.4 Å². The van der Waals surface area contributed by atoms with Crippen molar-refractivity contribution in [3.8, 4) is 31.7 Å². The van der Waals surface area contributed by atoms with Gasteiger partial charge in [-0.1, -0.05) is 44.9 Å². The molecule has 0 aliphatic rings. The maximum atomic E-state index is 14.2. The smallest absolute Gasteiger partial charge is 0.243 e. The summed E-state index contributed by atoms with van der Waals surface area (Å²) in [5, 5.41) is 30.2. The Balaban J connectivity index is 0.567. The third-order valence-electron chi connectivity index (χ3n) is 21.3. The van der Waals surface area contributed by atoms with Crippen LogP contribution >= 0.6 is 34.0 Å². The van der Waals surface area contributed by atoms with Crippen LogP contribution in [0.3, 0.4) is 0 Å². The van der Waals surface area contributed by atoms with E-state index in [1.165, 1.54) is 26.1 Å². The van der Waals surface area contributed by atoms with E-state index in [0.29, 0.717) is 236 Å². The molecule has 9 N–H and O–H groups in total. The van der Waals surface area contributed by atoms with E-state index in [2.05, 4.69) is 117 Å². The summed E-state index contributed by atoms with van der Waals surface area (Å²) in [5.41, 5.74) is 12.6. The molecule has 9 aromatic rings.